The summed E-state index contributed by atoms with van der Waals surface area (Å²) in [4.78, 5) is 2.12. The lowest BCUT2D eigenvalue weighted by atomic mass is 10.0. The lowest BCUT2D eigenvalue weighted by Crippen LogP contribution is -2.43. The fourth-order valence-corrected chi connectivity index (χ4v) is 1.17. The zero-order valence-corrected chi connectivity index (χ0v) is 9.50. The molecule has 0 aliphatic carbocycles. The summed E-state index contributed by atoms with van der Waals surface area (Å²) in [6, 6.07) is 0.350. The van der Waals surface area contributed by atoms with Gasteiger partial charge in [-0.05, 0) is 27.3 Å². The van der Waals surface area contributed by atoms with Crippen LogP contribution >= 0.6 is 0 Å². The molecule has 3 nitrogen and oxygen atoms in total. The average molecular weight is 189 g/mol. The highest BCUT2D eigenvalue weighted by Gasteiger charge is 2.22. The molecule has 0 aromatic heterocycles. The summed E-state index contributed by atoms with van der Waals surface area (Å²) in [5.74, 6) is 0. The van der Waals surface area contributed by atoms with Crippen LogP contribution in [-0.2, 0) is 4.74 Å². The van der Waals surface area contributed by atoms with Crippen molar-refractivity contribution in [3.05, 3.63) is 0 Å². The van der Waals surface area contributed by atoms with Crippen molar-refractivity contribution in [3.63, 3.8) is 0 Å². The lowest BCUT2D eigenvalue weighted by molar-refractivity contribution is 0.00310. The molecule has 1 N–H and O–H groups in total. The van der Waals surface area contributed by atoms with Gasteiger partial charge in [-0.2, -0.15) is 0 Å². The fourth-order valence-electron chi connectivity index (χ4n) is 1.17. The number of rotatable bonds is 6. The Bertz CT molecular complexity index is 137. The Morgan fingerprint density at radius 3 is 2.46 bits per heavy atom. The maximum atomic E-state index is 9.83. The minimum Gasteiger partial charge on any atom is -0.389 e. The second kappa shape index (κ2) is 5.58. The maximum Gasteiger partial charge on any atom is 0.0743 e. The molecule has 2 atom stereocenters. The zero-order valence-electron chi connectivity index (χ0n) is 9.50. The summed E-state index contributed by atoms with van der Waals surface area (Å²) in [7, 11) is 3.70. The van der Waals surface area contributed by atoms with E-state index in [4.69, 9.17) is 4.74 Å². The molecule has 0 heterocycles. The predicted molar refractivity (Wildman–Crippen MR) is 54.9 cm³/mol. The van der Waals surface area contributed by atoms with Crippen molar-refractivity contribution in [1.82, 2.24) is 4.90 Å². The Hall–Kier alpha value is -0.120. The summed E-state index contributed by atoms with van der Waals surface area (Å²) in [6.07, 6.45) is 0.775. The minimum absolute atomic E-state index is 0.350. The molecule has 0 aromatic rings. The van der Waals surface area contributed by atoms with Gasteiger partial charge >= 0.3 is 0 Å². The molecule has 0 bridgehead atoms. The standard InChI is InChI=1S/C10H23NO2/c1-6-10(3,12)8-11(4)9(2)7-13-5/h9,12H,6-8H2,1-5H3. The monoisotopic (exact) mass is 189 g/mol. The molecular weight excluding hydrogens is 166 g/mol. The predicted octanol–water partition coefficient (Wildman–Crippen LogP) is 1.11. The van der Waals surface area contributed by atoms with Crippen LogP contribution in [0.15, 0.2) is 0 Å². The maximum absolute atomic E-state index is 9.83. The van der Waals surface area contributed by atoms with E-state index >= 15 is 0 Å². The van der Waals surface area contributed by atoms with E-state index in [1.54, 1.807) is 7.11 Å². The second-order valence-corrected chi connectivity index (χ2v) is 4.07. The molecule has 0 aromatic carbocycles. The summed E-state index contributed by atoms with van der Waals surface area (Å²) in [6.45, 7) is 7.34. The topological polar surface area (TPSA) is 32.7 Å². The molecule has 0 saturated heterocycles. The van der Waals surface area contributed by atoms with Gasteiger partial charge in [-0.3, -0.25) is 4.90 Å². The van der Waals surface area contributed by atoms with Crippen molar-refractivity contribution in [2.45, 2.75) is 38.8 Å². The number of likely N-dealkylation sites (N-methyl/N-ethyl adjacent to an activating group) is 1. The quantitative estimate of drug-likeness (QED) is 0.679. The number of hydrogen-bond donors (Lipinski definition) is 1. The number of nitrogens with zero attached hydrogens (tertiary/aromatic N) is 1. The van der Waals surface area contributed by atoms with Crippen LogP contribution in [0, 0.1) is 0 Å². The van der Waals surface area contributed by atoms with Gasteiger partial charge in [0, 0.05) is 19.7 Å². The molecule has 80 valence electrons. The highest BCUT2D eigenvalue weighted by molar-refractivity contribution is 4.76. The van der Waals surface area contributed by atoms with Crippen molar-refractivity contribution in [1.29, 1.82) is 0 Å². The number of hydrogen-bond acceptors (Lipinski definition) is 3. The minimum atomic E-state index is -0.587. The first-order valence-electron chi connectivity index (χ1n) is 4.84. The average Bonchev–Trinajstić information content (AvgIpc) is 2.04. The fraction of sp³-hybridized carbons (Fsp3) is 1.00. The van der Waals surface area contributed by atoms with E-state index in [1.807, 2.05) is 20.9 Å². The molecule has 0 amide bonds. The number of ether oxygens (including phenoxy) is 1. The first kappa shape index (κ1) is 12.9. The van der Waals surface area contributed by atoms with Gasteiger partial charge in [-0.1, -0.05) is 6.92 Å². The molecule has 0 fully saturated rings. The second-order valence-electron chi connectivity index (χ2n) is 4.07. The van der Waals surface area contributed by atoms with Gasteiger partial charge in [0.05, 0.1) is 12.2 Å². The number of aliphatic hydroxyl groups is 1. The van der Waals surface area contributed by atoms with Crippen LogP contribution in [0.4, 0.5) is 0 Å². The van der Waals surface area contributed by atoms with Gasteiger partial charge in [-0.25, -0.2) is 0 Å². The summed E-state index contributed by atoms with van der Waals surface area (Å²) in [5, 5.41) is 9.83. The Kier molecular flexibility index (Phi) is 5.53. The van der Waals surface area contributed by atoms with E-state index in [0.29, 0.717) is 19.2 Å². The Balaban J connectivity index is 3.91. The third-order valence-electron chi connectivity index (χ3n) is 2.51. The van der Waals surface area contributed by atoms with Crippen LogP contribution in [0.3, 0.4) is 0 Å². The Labute approximate surface area is 81.7 Å². The summed E-state index contributed by atoms with van der Waals surface area (Å²) in [5.41, 5.74) is -0.587. The third kappa shape index (κ3) is 5.24. The SMILES string of the molecule is CCC(C)(O)CN(C)C(C)COC. The van der Waals surface area contributed by atoms with E-state index in [1.165, 1.54) is 0 Å². The molecule has 0 spiro atoms. The van der Waals surface area contributed by atoms with E-state index in [0.717, 1.165) is 6.42 Å². The molecule has 0 rings (SSSR count). The smallest absolute Gasteiger partial charge is 0.0743 e. The molecule has 2 unspecified atom stereocenters. The summed E-state index contributed by atoms with van der Waals surface area (Å²) >= 11 is 0. The molecule has 3 heteroatoms. The van der Waals surface area contributed by atoms with E-state index in [9.17, 15) is 5.11 Å². The highest BCUT2D eigenvalue weighted by atomic mass is 16.5. The Morgan fingerprint density at radius 1 is 1.54 bits per heavy atom. The zero-order chi connectivity index (χ0) is 10.5. The first-order valence-corrected chi connectivity index (χ1v) is 4.84. The summed E-state index contributed by atoms with van der Waals surface area (Å²) < 4.78 is 5.05. The van der Waals surface area contributed by atoms with Crippen LogP contribution in [0.1, 0.15) is 27.2 Å². The molecule has 0 saturated carbocycles. The lowest BCUT2D eigenvalue weighted by Gasteiger charge is -2.31. The van der Waals surface area contributed by atoms with Gasteiger partial charge in [0.1, 0.15) is 0 Å². The van der Waals surface area contributed by atoms with E-state index in [2.05, 4.69) is 11.8 Å². The largest absolute Gasteiger partial charge is 0.389 e. The molecule has 13 heavy (non-hydrogen) atoms. The van der Waals surface area contributed by atoms with Gasteiger partial charge in [0.25, 0.3) is 0 Å². The van der Waals surface area contributed by atoms with Crippen molar-refractivity contribution in [2.75, 3.05) is 27.3 Å². The van der Waals surface area contributed by atoms with Gasteiger partial charge < -0.3 is 9.84 Å². The van der Waals surface area contributed by atoms with Crippen LogP contribution < -0.4 is 0 Å². The molecular formula is C10H23NO2. The van der Waals surface area contributed by atoms with E-state index < -0.39 is 5.60 Å². The van der Waals surface area contributed by atoms with Crippen LogP contribution in [0.2, 0.25) is 0 Å². The third-order valence-corrected chi connectivity index (χ3v) is 2.51. The van der Waals surface area contributed by atoms with E-state index in [-0.39, 0.29) is 0 Å². The normalized spacial score (nSPS) is 18.7. The van der Waals surface area contributed by atoms with Crippen molar-refractivity contribution < 1.29 is 9.84 Å². The first-order chi connectivity index (χ1) is 5.93. The molecule has 0 radical (unpaired) electrons. The molecule has 0 aliphatic heterocycles. The van der Waals surface area contributed by atoms with Crippen LogP contribution in [0.5, 0.6) is 0 Å². The van der Waals surface area contributed by atoms with Crippen molar-refractivity contribution >= 4 is 0 Å². The highest BCUT2D eigenvalue weighted by Crippen LogP contribution is 2.11. The van der Waals surface area contributed by atoms with Gasteiger partial charge in [0.15, 0.2) is 0 Å². The van der Waals surface area contributed by atoms with Crippen molar-refractivity contribution in [3.8, 4) is 0 Å². The number of methoxy groups -OCH3 is 1. The Morgan fingerprint density at radius 2 is 2.08 bits per heavy atom. The van der Waals surface area contributed by atoms with Gasteiger partial charge in [0.2, 0.25) is 0 Å². The van der Waals surface area contributed by atoms with Crippen LogP contribution in [0.25, 0.3) is 0 Å². The molecule has 0 aliphatic rings. The van der Waals surface area contributed by atoms with Crippen molar-refractivity contribution in [2.24, 2.45) is 0 Å². The van der Waals surface area contributed by atoms with Crippen LogP contribution in [-0.4, -0.2) is 49.0 Å². The van der Waals surface area contributed by atoms with Gasteiger partial charge in [-0.15, -0.1) is 0 Å².